The molecule has 146 valence electrons. The summed E-state index contributed by atoms with van der Waals surface area (Å²) in [4.78, 5) is 20.0. The minimum atomic E-state index is 0.0817. The van der Waals surface area contributed by atoms with Crippen molar-refractivity contribution in [2.24, 2.45) is 0 Å². The van der Waals surface area contributed by atoms with Crippen LogP contribution in [0.3, 0.4) is 0 Å². The summed E-state index contributed by atoms with van der Waals surface area (Å²) in [6.07, 6.45) is 3.47. The standard InChI is InChI=1S/C23H26N2O2S/c1-3-18-9-5-11-20-22(18)24-23(28-20)25(15-19-10-6-12-27-19)21(26)14-17-8-4-7-16(2)13-17/h4-5,7-9,11,13,19H,3,6,10,12,14-15H2,1-2H3. The Morgan fingerprint density at radius 3 is 2.89 bits per heavy atom. The van der Waals surface area contributed by atoms with E-state index in [9.17, 15) is 4.79 Å². The SMILES string of the molecule is CCc1cccc2sc(N(CC3CCCO3)C(=O)Cc3cccc(C)c3)nc12. The highest BCUT2D eigenvalue weighted by Crippen LogP contribution is 2.32. The third-order valence-electron chi connectivity index (χ3n) is 5.25. The summed E-state index contributed by atoms with van der Waals surface area (Å²) in [5.74, 6) is 0.0817. The van der Waals surface area contributed by atoms with Gasteiger partial charge < -0.3 is 4.74 Å². The predicted octanol–water partition coefficient (Wildman–Crippen LogP) is 4.92. The van der Waals surface area contributed by atoms with E-state index >= 15 is 0 Å². The van der Waals surface area contributed by atoms with E-state index in [1.807, 2.05) is 17.0 Å². The van der Waals surface area contributed by atoms with Gasteiger partial charge in [-0.15, -0.1) is 0 Å². The summed E-state index contributed by atoms with van der Waals surface area (Å²) in [7, 11) is 0. The molecule has 2 heterocycles. The van der Waals surface area contributed by atoms with Crippen LogP contribution in [0.15, 0.2) is 42.5 Å². The lowest BCUT2D eigenvalue weighted by molar-refractivity contribution is -0.118. The van der Waals surface area contributed by atoms with Crippen LogP contribution in [0.25, 0.3) is 10.2 Å². The van der Waals surface area contributed by atoms with E-state index in [0.717, 1.165) is 46.8 Å². The number of rotatable bonds is 6. The van der Waals surface area contributed by atoms with Crippen molar-refractivity contribution < 1.29 is 9.53 Å². The first-order valence-corrected chi connectivity index (χ1v) is 10.8. The van der Waals surface area contributed by atoms with Crippen LogP contribution < -0.4 is 4.90 Å². The number of hydrogen-bond donors (Lipinski definition) is 0. The summed E-state index contributed by atoms with van der Waals surface area (Å²) >= 11 is 1.60. The lowest BCUT2D eigenvalue weighted by Gasteiger charge is -2.23. The number of aryl methyl sites for hydroxylation is 2. The van der Waals surface area contributed by atoms with E-state index in [0.29, 0.717) is 13.0 Å². The van der Waals surface area contributed by atoms with Crippen molar-refractivity contribution in [3.8, 4) is 0 Å². The zero-order valence-electron chi connectivity index (χ0n) is 16.5. The molecule has 0 bridgehead atoms. The molecule has 1 aliphatic rings. The molecule has 0 spiro atoms. The zero-order valence-corrected chi connectivity index (χ0v) is 17.3. The molecule has 1 fully saturated rings. The molecule has 4 rings (SSSR count). The molecule has 1 unspecified atom stereocenters. The van der Waals surface area contributed by atoms with Crippen molar-refractivity contribution in [1.82, 2.24) is 4.98 Å². The number of carbonyl (C=O) groups excluding carboxylic acids is 1. The monoisotopic (exact) mass is 394 g/mol. The first-order valence-electron chi connectivity index (χ1n) is 10.00. The fraction of sp³-hybridized carbons (Fsp3) is 0.391. The highest BCUT2D eigenvalue weighted by molar-refractivity contribution is 7.22. The maximum absolute atomic E-state index is 13.3. The first kappa shape index (κ1) is 19.1. The Hall–Kier alpha value is -2.24. The Labute approximate surface area is 170 Å². The molecule has 1 atom stereocenters. The topological polar surface area (TPSA) is 42.4 Å². The van der Waals surface area contributed by atoms with E-state index < -0.39 is 0 Å². The van der Waals surface area contributed by atoms with Crippen molar-refractivity contribution in [1.29, 1.82) is 0 Å². The molecule has 0 radical (unpaired) electrons. The van der Waals surface area contributed by atoms with Gasteiger partial charge in [0.05, 0.1) is 29.3 Å². The molecule has 0 N–H and O–H groups in total. The number of fused-ring (bicyclic) bond motifs is 1. The second-order valence-corrected chi connectivity index (χ2v) is 8.43. The maximum atomic E-state index is 13.3. The molecule has 1 amide bonds. The minimum absolute atomic E-state index is 0.0817. The third-order valence-corrected chi connectivity index (χ3v) is 6.30. The smallest absolute Gasteiger partial charge is 0.233 e. The highest BCUT2D eigenvalue weighted by Gasteiger charge is 2.26. The highest BCUT2D eigenvalue weighted by atomic mass is 32.1. The number of para-hydroxylation sites is 1. The predicted molar refractivity (Wildman–Crippen MR) is 115 cm³/mol. The van der Waals surface area contributed by atoms with Crippen molar-refractivity contribution in [3.05, 3.63) is 59.2 Å². The molecular formula is C23H26N2O2S. The molecule has 4 nitrogen and oxygen atoms in total. The zero-order chi connectivity index (χ0) is 19.5. The first-order chi connectivity index (χ1) is 13.6. The van der Waals surface area contributed by atoms with Crippen LogP contribution in [-0.4, -0.2) is 30.1 Å². The van der Waals surface area contributed by atoms with E-state index in [1.54, 1.807) is 11.3 Å². The number of anilines is 1. The van der Waals surface area contributed by atoms with E-state index in [2.05, 4.69) is 44.2 Å². The van der Waals surface area contributed by atoms with E-state index in [4.69, 9.17) is 9.72 Å². The number of thiazole rings is 1. The fourth-order valence-corrected chi connectivity index (χ4v) is 4.81. The van der Waals surface area contributed by atoms with Gasteiger partial charge in [0.1, 0.15) is 0 Å². The summed E-state index contributed by atoms with van der Waals surface area (Å²) in [5, 5.41) is 0.782. The largest absolute Gasteiger partial charge is 0.376 e. The quantitative estimate of drug-likeness (QED) is 0.596. The molecular weight excluding hydrogens is 368 g/mol. The average Bonchev–Trinajstić information content (AvgIpc) is 3.35. The van der Waals surface area contributed by atoms with Gasteiger partial charge in [0.15, 0.2) is 5.13 Å². The fourth-order valence-electron chi connectivity index (χ4n) is 3.77. The van der Waals surface area contributed by atoms with Crippen LogP contribution >= 0.6 is 11.3 Å². The Morgan fingerprint density at radius 1 is 1.29 bits per heavy atom. The van der Waals surface area contributed by atoms with Crippen molar-refractivity contribution in [2.75, 3.05) is 18.1 Å². The van der Waals surface area contributed by atoms with Crippen molar-refractivity contribution >= 4 is 32.6 Å². The molecule has 1 aromatic heterocycles. The van der Waals surface area contributed by atoms with E-state index in [1.165, 1.54) is 11.1 Å². The van der Waals surface area contributed by atoms with Gasteiger partial charge in [-0.05, 0) is 43.4 Å². The van der Waals surface area contributed by atoms with Crippen LogP contribution in [0.2, 0.25) is 0 Å². The molecule has 5 heteroatoms. The summed E-state index contributed by atoms with van der Waals surface area (Å²) < 4.78 is 6.96. The Balaban J connectivity index is 1.65. The lowest BCUT2D eigenvalue weighted by atomic mass is 10.1. The van der Waals surface area contributed by atoms with Crippen molar-refractivity contribution in [2.45, 2.75) is 45.6 Å². The van der Waals surface area contributed by atoms with Crippen LogP contribution in [0.4, 0.5) is 5.13 Å². The summed E-state index contributed by atoms with van der Waals surface area (Å²) in [6, 6.07) is 14.4. The van der Waals surface area contributed by atoms with Gasteiger partial charge in [-0.3, -0.25) is 9.69 Å². The van der Waals surface area contributed by atoms with Crippen LogP contribution in [0.1, 0.15) is 36.5 Å². The van der Waals surface area contributed by atoms with Crippen LogP contribution in [0.5, 0.6) is 0 Å². The Morgan fingerprint density at radius 2 is 2.14 bits per heavy atom. The summed E-state index contributed by atoms with van der Waals surface area (Å²) in [5.41, 5.74) is 4.45. The van der Waals surface area contributed by atoms with Gasteiger partial charge in [0, 0.05) is 6.61 Å². The Kier molecular flexibility index (Phi) is 5.74. The number of carbonyl (C=O) groups is 1. The molecule has 3 aromatic rings. The molecule has 2 aromatic carbocycles. The second-order valence-electron chi connectivity index (χ2n) is 7.42. The van der Waals surface area contributed by atoms with Gasteiger partial charge in [-0.25, -0.2) is 4.98 Å². The van der Waals surface area contributed by atoms with Gasteiger partial charge in [-0.1, -0.05) is 60.2 Å². The number of ether oxygens (including phenoxy) is 1. The lowest BCUT2D eigenvalue weighted by Crippen LogP contribution is -2.38. The normalized spacial score (nSPS) is 16.6. The number of aromatic nitrogens is 1. The van der Waals surface area contributed by atoms with Gasteiger partial charge in [0.25, 0.3) is 0 Å². The van der Waals surface area contributed by atoms with Gasteiger partial charge in [-0.2, -0.15) is 0 Å². The molecule has 28 heavy (non-hydrogen) atoms. The number of benzene rings is 2. The average molecular weight is 395 g/mol. The molecule has 0 aliphatic carbocycles. The van der Waals surface area contributed by atoms with Crippen LogP contribution in [-0.2, 0) is 22.4 Å². The number of nitrogens with zero attached hydrogens (tertiary/aromatic N) is 2. The molecule has 0 saturated carbocycles. The van der Waals surface area contributed by atoms with Crippen molar-refractivity contribution in [3.63, 3.8) is 0 Å². The van der Waals surface area contributed by atoms with E-state index in [-0.39, 0.29) is 12.0 Å². The Bertz CT molecular complexity index is 976. The number of hydrogen-bond acceptors (Lipinski definition) is 4. The van der Waals surface area contributed by atoms with Crippen LogP contribution in [0, 0.1) is 6.92 Å². The molecule has 1 aliphatic heterocycles. The minimum Gasteiger partial charge on any atom is -0.376 e. The second kappa shape index (κ2) is 8.41. The maximum Gasteiger partial charge on any atom is 0.233 e. The summed E-state index contributed by atoms with van der Waals surface area (Å²) in [6.45, 7) is 5.55. The van der Waals surface area contributed by atoms with Gasteiger partial charge >= 0.3 is 0 Å². The third kappa shape index (κ3) is 4.10. The van der Waals surface area contributed by atoms with Gasteiger partial charge in [0.2, 0.25) is 5.91 Å². The number of amides is 1. The molecule has 1 saturated heterocycles.